The number of esters is 1. The number of carbonyl (C=O) groups excluding carboxylic acids is 1. The molecule has 3 rings (SSSR count). The summed E-state index contributed by atoms with van der Waals surface area (Å²) >= 11 is 0. The molecule has 0 bridgehead atoms. The molecule has 1 atom stereocenters. The number of hydrogen-bond donors (Lipinski definition) is 0. The molecule has 0 radical (unpaired) electrons. The van der Waals surface area contributed by atoms with E-state index in [1.807, 2.05) is 37.3 Å². The molecule has 2 aromatic carbocycles. The Labute approximate surface area is 154 Å². The first-order valence-corrected chi connectivity index (χ1v) is 9.88. The van der Waals surface area contributed by atoms with Crippen molar-refractivity contribution in [1.29, 1.82) is 0 Å². The Morgan fingerprint density at radius 1 is 1.15 bits per heavy atom. The van der Waals surface area contributed by atoms with E-state index in [-0.39, 0.29) is 18.0 Å². The summed E-state index contributed by atoms with van der Waals surface area (Å²) in [4.78, 5) is 12.1. The molecular weight excluding hydrogens is 350 g/mol. The molecule has 136 valence electrons. The zero-order chi connectivity index (χ0) is 18.7. The summed E-state index contributed by atoms with van der Waals surface area (Å²) in [5.41, 5.74) is 2.55. The first-order chi connectivity index (χ1) is 12.4. The van der Waals surface area contributed by atoms with Gasteiger partial charge in [-0.25, -0.2) is 13.2 Å². The van der Waals surface area contributed by atoms with Crippen LogP contribution in [0.15, 0.2) is 71.1 Å². The topological polar surface area (TPSA) is 63.7 Å². The van der Waals surface area contributed by atoms with Crippen LogP contribution in [-0.2, 0) is 19.6 Å². The third-order valence-electron chi connectivity index (χ3n) is 4.31. The Morgan fingerprint density at radius 2 is 1.81 bits per heavy atom. The highest BCUT2D eigenvalue weighted by molar-refractivity contribution is 7.89. The molecule has 0 N–H and O–H groups in total. The summed E-state index contributed by atoms with van der Waals surface area (Å²) in [5, 5.41) is 0. The zero-order valence-electron chi connectivity index (χ0n) is 14.8. The van der Waals surface area contributed by atoms with Crippen LogP contribution >= 0.6 is 0 Å². The van der Waals surface area contributed by atoms with Crippen LogP contribution in [0.2, 0.25) is 0 Å². The fraction of sp³-hybridized carbons (Fsp3) is 0.250. The first-order valence-electron chi connectivity index (χ1n) is 8.44. The molecule has 0 unspecified atom stereocenters. The number of nitrogens with zero attached hydrogens (tertiary/aromatic N) is 1. The largest absolute Gasteiger partial charge is 0.463 e. The van der Waals surface area contributed by atoms with Crippen LogP contribution in [0, 0.1) is 6.92 Å². The highest BCUT2D eigenvalue weighted by Gasteiger charge is 2.43. The molecule has 0 saturated carbocycles. The smallest absolute Gasteiger partial charge is 0.330 e. The summed E-state index contributed by atoms with van der Waals surface area (Å²) in [5.74, 6) is -0.448. The summed E-state index contributed by atoms with van der Waals surface area (Å²) in [7, 11) is -3.66. The average Bonchev–Trinajstić information content (AvgIpc) is 2.59. The fourth-order valence-electron chi connectivity index (χ4n) is 2.98. The van der Waals surface area contributed by atoms with E-state index in [1.54, 1.807) is 31.2 Å². The quantitative estimate of drug-likeness (QED) is 0.598. The van der Waals surface area contributed by atoms with Crippen molar-refractivity contribution in [3.05, 3.63) is 77.4 Å². The lowest BCUT2D eigenvalue weighted by Crippen LogP contribution is -2.47. The van der Waals surface area contributed by atoms with Gasteiger partial charge < -0.3 is 4.74 Å². The zero-order valence-corrected chi connectivity index (χ0v) is 15.6. The van der Waals surface area contributed by atoms with Crippen molar-refractivity contribution >= 4 is 16.0 Å². The van der Waals surface area contributed by atoms with E-state index in [0.29, 0.717) is 0 Å². The predicted molar refractivity (Wildman–Crippen MR) is 99.0 cm³/mol. The van der Waals surface area contributed by atoms with Crippen LogP contribution in [0.1, 0.15) is 24.1 Å². The van der Waals surface area contributed by atoms with Gasteiger partial charge in [0.1, 0.15) is 0 Å². The molecular formula is C20H21NO4S. The molecule has 0 amide bonds. The lowest BCUT2D eigenvalue weighted by atomic mass is 9.91. The number of benzene rings is 2. The van der Waals surface area contributed by atoms with Crippen molar-refractivity contribution in [2.24, 2.45) is 0 Å². The van der Waals surface area contributed by atoms with E-state index >= 15 is 0 Å². The standard InChI is InChI=1S/C20H21NO4S/c1-3-25-19(22)13-17-14-21(20(17)16-7-5-4-6-8-16)26(23,24)18-11-9-15(2)10-12-18/h4-13,20H,3,14H2,1-2H3/b17-13+/t20-/m0/s1. The second-order valence-corrected chi connectivity index (χ2v) is 8.04. The Balaban J connectivity index is 1.97. The molecule has 1 heterocycles. The number of aryl methyl sites for hydroxylation is 1. The van der Waals surface area contributed by atoms with E-state index < -0.39 is 22.0 Å². The van der Waals surface area contributed by atoms with Crippen LogP contribution in [0.25, 0.3) is 0 Å². The van der Waals surface area contributed by atoms with E-state index in [0.717, 1.165) is 16.7 Å². The molecule has 0 aromatic heterocycles. The monoisotopic (exact) mass is 371 g/mol. The van der Waals surface area contributed by atoms with Crippen molar-refractivity contribution in [2.75, 3.05) is 13.2 Å². The van der Waals surface area contributed by atoms with Crippen LogP contribution in [0.5, 0.6) is 0 Å². The Hall–Kier alpha value is -2.44. The molecule has 1 aliphatic heterocycles. The van der Waals surface area contributed by atoms with Gasteiger partial charge in [-0.15, -0.1) is 0 Å². The van der Waals surface area contributed by atoms with Crippen LogP contribution in [0.4, 0.5) is 0 Å². The van der Waals surface area contributed by atoms with E-state index in [2.05, 4.69) is 0 Å². The van der Waals surface area contributed by atoms with Crippen LogP contribution in [-0.4, -0.2) is 31.8 Å². The molecule has 1 aliphatic rings. The maximum atomic E-state index is 13.0. The molecule has 6 heteroatoms. The van der Waals surface area contributed by atoms with Gasteiger partial charge in [0.15, 0.2) is 0 Å². The third kappa shape index (κ3) is 3.57. The van der Waals surface area contributed by atoms with Gasteiger partial charge in [-0.2, -0.15) is 4.31 Å². The normalized spacial score (nSPS) is 19.2. The minimum atomic E-state index is -3.66. The molecule has 2 aromatic rings. The number of carbonyl (C=O) groups is 1. The van der Waals surface area contributed by atoms with Crippen LogP contribution in [0.3, 0.4) is 0 Å². The van der Waals surface area contributed by atoms with Crippen molar-refractivity contribution < 1.29 is 17.9 Å². The van der Waals surface area contributed by atoms with Crippen molar-refractivity contribution in [2.45, 2.75) is 24.8 Å². The van der Waals surface area contributed by atoms with Gasteiger partial charge in [0.05, 0.1) is 17.5 Å². The predicted octanol–water partition coefficient (Wildman–Crippen LogP) is 3.23. The van der Waals surface area contributed by atoms with Gasteiger partial charge in [0.25, 0.3) is 0 Å². The van der Waals surface area contributed by atoms with E-state index in [1.165, 1.54) is 10.4 Å². The van der Waals surface area contributed by atoms with Crippen molar-refractivity contribution in [3.8, 4) is 0 Å². The van der Waals surface area contributed by atoms with E-state index in [9.17, 15) is 13.2 Å². The second kappa shape index (κ2) is 7.43. The number of rotatable bonds is 5. The van der Waals surface area contributed by atoms with Gasteiger partial charge >= 0.3 is 5.97 Å². The second-order valence-electron chi connectivity index (χ2n) is 6.15. The maximum Gasteiger partial charge on any atom is 0.330 e. The molecule has 26 heavy (non-hydrogen) atoms. The third-order valence-corrected chi connectivity index (χ3v) is 6.14. The van der Waals surface area contributed by atoms with Crippen LogP contribution < -0.4 is 0 Å². The molecule has 0 spiro atoms. The summed E-state index contributed by atoms with van der Waals surface area (Å²) in [6, 6.07) is 15.6. The highest BCUT2D eigenvalue weighted by atomic mass is 32.2. The fourth-order valence-corrected chi connectivity index (χ4v) is 4.58. The average molecular weight is 371 g/mol. The number of sulfonamides is 1. The summed E-state index contributed by atoms with van der Waals surface area (Å²) < 4.78 is 32.5. The van der Waals surface area contributed by atoms with Gasteiger partial charge in [0.2, 0.25) is 10.0 Å². The lowest BCUT2D eigenvalue weighted by molar-refractivity contribution is -0.137. The number of ether oxygens (including phenoxy) is 1. The Kier molecular flexibility index (Phi) is 5.25. The molecule has 1 saturated heterocycles. The molecule has 5 nitrogen and oxygen atoms in total. The van der Waals surface area contributed by atoms with Gasteiger partial charge in [-0.05, 0) is 37.1 Å². The Morgan fingerprint density at radius 3 is 2.42 bits per heavy atom. The number of hydrogen-bond acceptors (Lipinski definition) is 4. The SMILES string of the molecule is CCOC(=O)/C=C1\CN(S(=O)(=O)c2ccc(C)cc2)[C@H]1c1ccccc1. The van der Waals surface area contributed by atoms with E-state index in [4.69, 9.17) is 4.74 Å². The minimum absolute atomic E-state index is 0.175. The minimum Gasteiger partial charge on any atom is -0.463 e. The Bertz CT molecular complexity index is 918. The lowest BCUT2D eigenvalue weighted by Gasteiger charge is -2.42. The van der Waals surface area contributed by atoms with Gasteiger partial charge in [-0.3, -0.25) is 0 Å². The summed E-state index contributed by atoms with van der Waals surface area (Å²) in [6.07, 6.45) is 1.41. The maximum absolute atomic E-state index is 13.0. The van der Waals surface area contributed by atoms with Crippen molar-refractivity contribution in [1.82, 2.24) is 4.31 Å². The molecule has 1 fully saturated rings. The highest BCUT2D eigenvalue weighted by Crippen LogP contribution is 2.42. The molecule has 0 aliphatic carbocycles. The first kappa shape index (κ1) is 18.4. The summed E-state index contributed by atoms with van der Waals surface area (Å²) in [6.45, 7) is 4.10. The van der Waals surface area contributed by atoms with Gasteiger partial charge in [-0.1, -0.05) is 48.0 Å². The van der Waals surface area contributed by atoms with Crippen molar-refractivity contribution in [3.63, 3.8) is 0 Å². The van der Waals surface area contributed by atoms with Gasteiger partial charge in [0, 0.05) is 12.6 Å².